The van der Waals surface area contributed by atoms with Crippen LogP contribution in [0.4, 0.5) is 0 Å². The molecule has 0 aliphatic rings. The lowest BCUT2D eigenvalue weighted by Gasteiger charge is -2.09. The lowest BCUT2D eigenvalue weighted by atomic mass is 10.1. The molecule has 1 unspecified atom stereocenters. The summed E-state index contributed by atoms with van der Waals surface area (Å²) in [5.41, 5.74) is 11.8. The fourth-order valence-electron chi connectivity index (χ4n) is 0.846. The third kappa shape index (κ3) is 1.93. The van der Waals surface area contributed by atoms with Crippen molar-refractivity contribution in [2.24, 2.45) is 11.5 Å². The van der Waals surface area contributed by atoms with Crippen molar-refractivity contribution in [3.05, 3.63) is 29.8 Å². The van der Waals surface area contributed by atoms with Crippen molar-refractivity contribution in [1.82, 2.24) is 0 Å². The molecule has 1 rings (SSSR count). The summed E-state index contributed by atoms with van der Waals surface area (Å²) in [6, 6.07) is 6.06. The largest absolute Gasteiger partial charge is 0.508 e. The summed E-state index contributed by atoms with van der Waals surface area (Å²) < 4.78 is 0. The van der Waals surface area contributed by atoms with Crippen LogP contribution in [0.25, 0.3) is 0 Å². The summed E-state index contributed by atoms with van der Waals surface area (Å²) in [6.45, 7) is 0. The van der Waals surface area contributed by atoms with Crippen molar-refractivity contribution in [1.29, 1.82) is 0 Å². The van der Waals surface area contributed by atoms with Gasteiger partial charge in [0.1, 0.15) is 5.75 Å². The molecule has 1 aromatic rings. The number of phenolic OH excluding ortho intramolecular Hbond substituents is 1. The highest BCUT2D eigenvalue weighted by Crippen LogP contribution is 2.14. The van der Waals surface area contributed by atoms with Gasteiger partial charge in [-0.25, -0.2) is 0 Å². The second-order valence-corrected chi connectivity index (χ2v) is 2.94. The van der Waals surface area contributed by atoms with Gasteiger partial charge in [0.05, 0.1) is 11.0 Å². The van der Waals surface area contributed by atoms with Gasteiger partial charge in [0.15, 0.2) is 0 Å². The highest BCUT2D eigenvalue weighted by Gasteiger charge is 2.07. The molecule has 0 fully saturated rings. The van der Waals surface area contributed by atoms with Gasteiger partial charge < -0.3 is 16.6 Å². The van der Waals surface area contributed by atoms with Crippen LogP contribution < -0.4 is 11.5 Å². The number of aromatic hydroxyl groups is 1. The van der Waals surface area contributed by atoms with Crippen LogP contribution in [-0.2, 0) is 0 Å². The Morgan fingerprint density at radius 3 is 2.25 bits per heavy atom. The van der Waals surface area contributed by atoms with Crippen LogP contribution in [0.2, 0.25) is 0 Å². The maximum atomic E-state index is 8.97. The first-order valence-corrected chi connectivity index (χ1v) is 3.86. The average molecular weight is 182 g/mol. The lowest BCUT2D eigenvalue weighted by Crippen LogP contribution is -2.26. The van der Waals surface area contributed by atoms with Crippen molar-refractivity contribution >= 4 is 17.2 Å². The van der Waals surface area contributed by atoms with Crippen LogP contribution in [0.3, 0.4) is 0 Å². The van der Waals surface area contributed by atoms with Crippen molar-refractivity contribution < 1.29 is 5.11 Å². The van der Waals surface area contributed by atoms with Gasteiger partial charge in [-0.3, -0.25) is 0 Å². The van der Waals surface area contributed by atoms with Crippen LogP contribution in [0.1, 0.15) is 11.6 Å². The zero-order chi connectivity index (χ0) is 9.14. The minimum Gasteiger partial charge on any atom is -0.508 e. The second-order valence-electron chi connectivity index (χ2n) is 2.47. The van der Waals surface area contributed by atoms with Gasteiger partial charge in [-0.2, -0.15) is 0 Å². The fourth-order valence-corrected chi connectivity index (χ4v) is 0.982. The first kappa shape index (κ1) is 8.96. The zero-order valence-corrected chi connectivity index (χ0v) is 7.21. The number of hydrogen-bond donors (Lipinski definition) is 3. The van der Waals surface area contributed by atoms with Crippen LogP contribution in [0, 0.1) is 0 Å². The van der Waals surface area contributed by atoms with Gasteiger partial charge in [-0.1, -0.05) is 24.4 Å². The van der Waals surface area contributed by atoms with E-state index in [0.29, 0.717) is 0 Å². The molecule has 0 aliphatic heterocycles. The summed E-state index contributed by atoms with van der Waals surface area (Å²) in [4.78, 5) is 0.251. The molecule has 0 aliphatic carbocycles. The van der Waals surface area contributed by atoms with E-state index >= 15 is 0 Å². The van der Waals surface area contributed by atoms with Crippen molar-refractivity contribution in [2.75, 3.05) is 0 Å². The molecule has 0 saturated carbocycles. The quantitative estimate of drug-likeness (QED) is 0.588. The van der Waals surface area contributed by atoms with Gasteiger partial charge in [-0.05, 0) is 17.7 Å². The molecule has 1 atom stereocenters. The maximum absolute atomic E-state index is 8.97. The van der Waals surface area contributed by atoms with Gasteiger partial charge in [0, 0.05) is 0 Å². The van der Waals surface area contributed by atoms with E-state index in [4.69, 9.17) is 28.8 Å². The van der Waals surface area contributed by atoms with Gasteiger partial charge in [0.25, 0.3) is 0 Å². The molecule has 3 nitrogen and oxygen atoms in total. The number of benzene rings is 1. The van der Waals surface area contributed by atoms with E-state index in [1.165, 1.54) is 0 Å². The molecule has 0 bridgehead atoms. The van der Waals surface area contributed by atoms with Crippen molar-refractivity contribution in [3.8, 4) is 5.75 Å². The van der Waals surface area contributed by atoms with Gasteiger partial charge in [-0.15, -0.1) is 0 Å². The monoisotopic (exact) mass is 182 g/mol. The third-order valence-electron chi connectivity index (χ3n) is 1.56. The number of rotatable bonds is 2. The predicted octanol–water partition coefficient (Wildman–Crippen LogP) is 0.678. The fraction of sp³-hybridized carbons (Fsp3) is 0.125. The Kier molecular flexibility index (Phi) is 2.62. The summed E-state index contributed by atoms with van der Waals surface area (Å²) in [7, 11) is 0. The van der Waals surface area contributed by atoms with E-state index < -0.39 is 6.04 Å². The molecule has 5 N–H and O–H groups in total. The van der Waals surface area contributed by atoms with Crippen LogP contribution in [-0.4, -0.2) is 10.1 Å². The predicted molar refractivity (Wildman–Crippen MR) is 51.8 cm³/mol. The van der Waals surface area contributed by atoms with E-state index in [0.717, 1.165) is 5.56 Å². The topological polar surface area (TPSA) is 72.3 Å². The summed E-state index contributed by atoms with van der Waals surface area (Å²) in [5, 5.41) is 8.97. The van der Waals surface area contributed by atoms with Gasteiger partial charge in [0.2, 0.25) is 0 Å². The van der Waals surface area contributed by atoms with Crippen molar-refractivity contribution in [3.63, 3.8) is 0 Å². The molecule has 0 spiro atoms. The molecular weight excluding hydrogens is 172 g/mol. The molecule has 0 heterocycles. The molecule has 0 amide bonds. The van der Waals surface area contributed by atoms with E-state index in [-0.39, 0.29) is 10.7 Å². The molecule has 0 aromatic heterocycles. The van der Waals surface area contributed by atoms with E-state index in [2.05, 4.69) is 0 Å². The SMILES string of the molecule is NC(=S)C(N)c1ccc(O)cc1. The first-order valence-electron chi connectivity index (χ1n) is 3.45. The Hall–Kier alpha value is -1.13. The number of thiocarbonyl (C=S) groups is 1. The Morgan fingerprint density at radius 2 is 1.83 bits per heavy atom. The van der Waals surface area contributed by atoms with E-state index in [1.54, 1.807) is 24.3 Å². The zero-order valence-electron chi connectivity index (χ0n) is 6.40. The minimum absolute atomic E-state index is 0.203. The normalized spacial score (nSPS) is 12.4. The average Bonchev–Trinajstić information content (AvgIpc) is 2.04. The molecule has 4 heteroatoms. The first-order chi connectivity index (χ1) is 5.61. The third-order valence-corrected chi connectivity index (χ3v) is 1.81. The highest BCUT2D eigenvalue weighted by molar-refractivity contribution is 7.80. The molecule has 12 heavy (non-hydrogen) atoms. The van der Waals surface area contributed by atoms with Crippen LogP contribution in [0.15, 0.2) is 24.3 Å². The molecular formula is C8H10N2OS. The number of nitrogens with two attached hydrogens (primary N) is 2. The summed E-state index contributed by atoms with van der Waals surface area (Å²) in [6.07, 6.45) is 0. The van der Waals surface area contributed by atoms with Crippen LogP contribution >= 0.6 is 12.2 Å². The lowest BCUT2D eigenvalue weighted by molar-refractivity contribution is 0.475. The smallest absolute Gasteiger partial charge is 0.115 e. The Bertz CT molecular complexity index is 284. The molecule has 0 saturated heterocycles. The Balaban J connectivity index is 2.89. The molecule has 1 aromatic carbocycles. The standard InChI is InChI=1S/C8H10N2OS/c9-7(8(10)12)5-1-3-6(11)4-2-5/h1-4,7,11H,9H2,(H2,10,12). The van der Waals surface area contributed by atoms with Crippen molar-refractivity contribution in [2.45, 2.75) is 6.04 Å². The summed E-state index contributed by atoms with van der Waals surface area (Å²) >= 11 is 4.72. The van der Waals surface area contributed by atoms with Crippen LogP contribution in [0.5, 0.6) is 5.75 Å². The molecule has 64 valence electrons. The second kappa shape index (κ2) is 3.51. The number of hydrogen-bond acceptors (Lipinski definition) is 3. The molecule has 0 radical (unpaired) electrons. The highest BCUT2D eigenvalue weighted by atomic mass is 32.1. The number of phenols is 1. The minimum atomic E-state index is -0.430. The van der Waals surface area contributed by atoms with E-state index in [9.17, 15) is 0 Å². The summed E-state index contributed by atoms with van der Waals surface area (Å²) in [5.74, 6) is 0.203. The Labute approximate surface area is 76.0 Å². The maximum Gasteiger partial charge on any atom is 0.115 e. The van der Waals surface area contributed by atoms with Gasteiger partial charge >= 0.3 is 0 Å². The van der Waals surface area contributed by atoms with E-state index in [1.807, 2.05) is 0 Å². The Morgan fingerprint density at radius 1 is 1.33 bits per heavy atom.